The first-order valence-corrected chi connectivity index (χ1v) is 3.48. The Morgan fingerprint density at radius 1 is 1.38 bits per heavy atom. The molecule has 68 valence electrons. The molecular weight excluding hydrogens is 172 g/mol. The van der Waals surface area contributed by atoms with Gasteiger partial charge in [-0.1, -0.05) is 0 Å². The van der Waals surface area contributed by atoms with Crippen molar-refractivity contribution >= 4 is 5.82 Å². The molecule has 0 radical (unpaired) electrons. The molecule has 1 aromatic rings. The molecule has 2 atom stereocenters. The SMILES string of the molecule is N#CC(O)C(O)c1cnc(N)cn1. The van der Waals surface area contributed by atoms with E-state index in [0.717, 1.165) is 0 Å². The molecule has 0 fully saturated rings. The largest absolute Gasteiger partial charge is 0.383 e. The van der Waals surface area contributed by atoms with Crippen LogP contribution in [0.15, 0.2) is 12.4 Å². The highest BCUT2D eigenvalue weighted by atomic mass is 16.3. The third kappa shape index (κ3) is 2.11. The molecule has 0 bridgehead atoms. The molecule has 1 heterocycles. The van der Waals surface area contributed by atoms with Crippen molar-refractivity contribution in [3.8, 4) is 6.07 Å². The molecule has 13 heavy (non-hydrogen) atoms. The van der Waals surface area contributed by atoms with Crippen LogP contribution in [0.5, 0.6) is 0 Å². The van der Waals surface area contributed by atoms with Crippen LogP contribution in [-0.4, -0.2) is 26.3 Å². The number of aliphatic hydroxyl groups is 2. The number of nitrogens with zero attached hydrogens (tertiary/aromatic N) is 3. The van der Waals surface area contributed by atoms with Gasteiger partial charge in [-0.25, -0.2) is 4.98 Å². The van der Waals surface area contributed by atoms with Gasteiger partial charge in [-0.05, 0) is 0 Å². The number of aliphatic hydroxyl groups excluding tert-OH is 2. The molecule has 0 saturated heterocycles. The molecule has 0 aromatic carbocycles. The number of anilines is 1. The van der Waals surface area contributed by atoms with Crippen LogP contribution in [0.2, 0.25) is 0 Å². The molecule has 0 amide bonds. The van der Waals surface area contributed by atoms with Crippen molar-refractivity contribution in [2.24, 2.45) is 0 Å². The van der Waals surface area contributed by atoms with E-state index in [2.05, 4.69) is 9.97 Å². The molecule has 0 aliphatic carbocycles. The fourth-order valence-electron chi connectivity index (χ4n) is 0.733. The summed E-state index contributed by atoms with van der Waals surface area (Å²) in [6.07, 6.45) is -0.403. The third-order valence-corrected chi connectivity index (χ3v) is 1.43. The maximum Gasteiger partial charge on any atom is 0.172 e. The normalized spacial score (nSPS) is 14.5. The van der Waals surface area contributed by atoms with Crippen molar-refractivity contribution in [1.82, 2.24) is 9.97 Å². The first kappa shape index (κ1) is 9.38. The van der Waals surface area contributed by atoms with Gasteiger partial charge in [0, 0.05) is 0 Å². The molecule has 0 saturated carbocycles. The van der Waals surface area contributed by atoms with E-state index in [1.54, 1.807) is 0 Å². The van der Waals surface area contributed by atoms with Crippen molar-refractivity contribution in [2.75, 3.05) is 5.73 Å². The van der Waals surface area contributed by atoms with E-state index in [1.165, 1.54) is 18.5 Å². The average molecular weight is 180 g/mol. The Morgan fingerprint density at radius 2 is 2.08 bits per heavy atom. The van der Waals surface area contributed by atoms with Gasteiger partial charge in [0.05, 0.1) is 24.2 Å². The fourth-order valence-corrected chi connectivity index (χ4v) is 0.733. The van der Waals surface area contributed by atoms with Gasteiger partial charge < -0.3 is 15.9 Å². The summed E-state index contributed by atoms with van der Waals surface area (Å²) in [4.78, 5) is 7.35. The lowest BCUT2D eigenvalue weighted by atomic mass is 10.2. The molecule has 1 rings (SSSR count). The fraction of sp³-hybridized carbons (Fsp3) is 0.286. The van der Waals surface area contributed by atoms with Crippen LogP contribution in [0.25, 0.3) is 0 Å². The summed E-state index contributed by atoms with van der Waals surface area (Å²) in [6, 6.07) is 1.48. The second-order valence-electron chi connectivity index (χ2n) is 2.38. The minimum atomic E-state index is -1.50. The van der Waals surface area contributed by atoms with Gasteiger partial charge in [0.15, 0.2) is 6.10 Å². The number of hydrogen-bond donors (Lipinski definition) is 3. The third-order valence-electron chi connectivity index (χ3n) is 1.43. The summed E-state index contributed by atoms with van der Waals surface area (Å²) in [6.45, 7) is 0. The zero-order valence-electron chi connectivity index (χ0n) is 6.62. The minimum Gasteiger partial charge on any atom is -0.383 e. The maximum absolute atomic E-state index is 9.26. The zero-order chi connectivity index (χ0) is 9.84. The summed E-state index contributed by atoms with van der Waals surface area (Å²) in [5.41, 5.74) is 5.37. The average Bonchev–Trinajstić information content (AvgIpc) is 2.17. The second kappa shape index (κ2) is 3.80. The van der Waals surface area contributed by atoms with Gasteiger partial charge >= 0.3 is 0 Å². The van der Waals surface area contributed by atoms with E-state index >= 15 is 0 Å². The van der Waals surface area contributed by atoms with Gasteiger partial charge in [0.25, 0.3) is 0 Å². The molecule has 6 nitrogen and oxygen atoms in total. The Morgan fingerprint density at radius 3 is 2.54 bits per heavy atom. The van der Waals surface area contributed by atoms with Crippen LogP contribution < -0.4 is 5.73 Å². The standard InChI is InChI=1S/C7H8N4O2/c8-1-5(12)7(13)4-2-11-6(9)3-10-4/h2-3,5,7,12-13H,(H2,9,11). The first-order chi connectivity index (χ1) is 6.15. The summed E-state index contributed by atoms with van der Waals surface area (Å²) >= 11 is 0. The summed E-state index contributed by atoms with van der Waals surface area (Å²) < 4.78 is 0. The molecule has 4 N–H and O–H groups in total. The zero-order valence-corrected chi connectivity index (χ0v) is 6.62. The van der Waals surface area contributed by atoms with Crippen molar-refractivity contribution in [3.63, 3.8) is 0 Å². The maximum atomic E-state index is 9.26. The lowest BCUT2D eigenvalue weighted by Gasteiger charge is -2.09. The van der Waals surface area contributed by atoms with Crippen molar-refractivity contribution in [2.45, 2.75) is 12.2 Å². The number of nitrogen functional groups attached to an aromatic ring is 1. The first-order valence-electron chi connectivity index (χ1n) is 3.48. The van der Waals surface area contributed by atoms with Crippen molar-refractivity contribution < 1.29 is 10.2 Å². The Labute approximate surface area is 74.3 Å². The van der Waals surface area contributed by atoms with Crippen molar-refractivity contribution in [3.05, 3.63) is 18.1 Å². The summed E-state index contributed by atoms with van der Waals surface area (Å²) in [5, 5.41) is 26.5. The van der Waals surface area contributed by atoms with Crippen LogP contribution in [0.4, 0.5) is 5.82 Å². The number of hydrogen-bond acceptors (Lipinski definition) is 6. The second-order valence-corrected chi connectivity index (χ2v) is 2.38. The molecule has 0 aliphatic rings. The molecule has 6 heteroatoms. The van der Waals surface area contributed by atoms with Crippen LogP contribution in [0, 0.1) is 11.3 Å². The number of rotatable bonds is 2. The van der Waals surface area contributed by atoms with Crippen molar-refractivity contribution in [1.29, 1.82) is 5.26 Å². The summed E-state index contributed by atoms with van der Waals surface area (Å²) in [7, 11) is 0. The van der Waals surface area contributed by atoms with E-state index in [0.29, 0.717) is 0 Å². The highest BCUT2D eigenvalue weighted by molar-refractivity contribution is 5.23. The van der Waals surface area contributed by atoms with E-state index in [-0.39, 0.29) is 11.5 Å². The van der Waals surface area contributed by atoms with Crippen LogP contribution >= 0.6 is 0 Å². The van der Waals surface area contributed by atoms with Gasteiger partial charge in [0.1, 0.15) is 11.9 Å². The Bertz CT molecular complexity index is 318. The highest BCUT2D eigenvalue weighted by Gasteiger charge is 2.18. The van der Waals surface area contributed by atoms with Gasteiger partial charge in [-0.15, -0.1) is 0 Å². The topological polar surface area (TPSA) is 116 Å². The molecule has 2 unspecified atom stereocenters. The quantitative estimate of drug-likeness (QED) is 0.501. The summed E-state index contributed by atoms with van der Waals surface area (Å²) in [5.74, 6) is 0.211. The predicted molar refractivity (Wildman–Crippen MR) is 43.0 cm³/mol. The minimum absolute atomic E-state index is 0.114. The lowest BCUT2D eigenvalue weighted by Crippen LogP contribution is -2.17. The van der Waals surface area contributed by atoms with E-state index < -0.39 is 12.2 Å². The van der Waals surface area contributed by atoms with Gasteiger partial charge in [-0.3, -0.25) is 4.98 Å². The molecule has 0 spiro atoms. The monoisotopic (exact) mass is 180 g/mol. The van der Waals surface area contributed by atoms with Crippen LogP contribution in [0.3, 0.4) is 0 Å². The number of nitriles is 1. The predicted octanol–water partition coefficient (Wildman–Crippen LogP) is -1.02. The highest BCUT2D eigenvalue weighted by Crippen LogP contribution is 2.12. The van der Waals surface area contributed by atoms with E-state index in [1.807, 2.05) is 0 Å². The Kier molecular flexibility index (Phi) is 2.74. The molecule has 1 aromatic heterocycles. The Hall–Kier alpha value is -1.71. The smallest absolute Gasteiger partial charge is 0.172 e. The number of aromatic nitrogens is 2. The van der Waals surface area contributed by atoms with Crippen LogP contribution in [0.1, 0.15) is 11.8 Å². The Balaban J connectivity index is 2.84. The number of nitrogens with two attached hydrogens (primary N) is 1. The van der Waals surface area contributed by atoms with E-state index in [4.69, 9.17) is 16.1 Å². The molecule has 0 aliphatic heterocycles. The lowest BCUT2D eigenvalue weighted by molar-refractivity contribution is 0.0496. The van der Waals surface area contributed by atoms with Gasteiger partial charge in [0.2, 0.25) is 0 Å². The molecular formula is C7H8N4O2. The van der Waals surface area contributed by atoms with Crippen LogP contribution in [-0.2, 0) is 0 Å². The van der Waals surface area contributed by atoms with Gasteiger partial charge in [-0.2, -0.15) is 5.26 Å². The van der Waals surface area contributed by atoms with E-state index in [9.17, 15) is 5.11 Å².